The second kappa shape index (κ2) is 3.64. The van der Waals surface area contributed by atoms with E-state index in [1.807, 2.05) is 13.8 Å². The van der Waals surface area contributed by atoms with Crippen LogP contribution in [0.25, 0.3) is 0 Å². The van der Waals surface area contributed by atoms with E-state index in [4.69, 9.17) is 15.6 Å². The lowest BCUT2D eigenvalue weighted by atomic mass is 9.98. The molecular weight excluding hydrogens is 170 g/mol. The average Bonchev–Trinajstić information content (AvgIpc) is 2.80. The van der Waals surface area contributed by atoms with Gasteiger partial charge < -0.3 is 15.6 Å². The summed E-state index contributed by atoms with van der Waals surface area (Å²) in [7, 11) is 0. The third kappa shape index (κ3) is 2.42. The number of carboxylic acids is 1. The highest BCUT2D eigenvalue weighted by molar-refractivity contribution is 5.75. The monoisotopic (exact) mass is 187 g/mol. The largest absolute Gasteiger partial charge is 0.480 e. The molecule has 0 spiro atoms. The van der Waals surface area contributed by atoms with Gasteiger partial charge >= 0.3 is 5.97 Å². The average molecular weight is 187 g/mol. The lowest BCUT2D eigenvalue weighted by molar-refractivity contribution is -0.141. The number of nitrogens with two attached hydrogens (primary N) is 1. The molecule has 1 aliphatic rings. The Labute approximate surface area is 78.1 Å². The van der Waals surface area contributed by atoms with Gasteiger partial charge in [0.25, 0.3) is 0 Å². The summed E-state index contributed by atoms with van der Waals surface area (Å²) in [5.41, 5.74) is 5.28. The first-order chi connectivity index (χ1) is 5.98. The van der Waals surface area contributed by atoms with Crippen molar-refractivity contribution in [2.75, 3.05) is 6.61 Å². The number of carbonyl (C=O) groups is 1. The van der Waals surface area contributed by atoms with E-state index in [1.54, 1.807) is 0 Å². The lowest BCUT2D eigenvalue weighted by Crippen LogP contribution is -2.42. The fourth-order valence-electron chi connectivity index (χ4n) is 1.30. The second-order valence-corrected chi connectivity index (χ2v) is 4.04. The number of hydrogen-bond donors (Lipinski definition) is 2. The quantitative estimate of drug-likeness (QED) is 0.661. The highest BCUT2D eigenvalue weighted by Gasteiger charge is 2.51. The van der Waals surface area contributed by atoms with Crippen LogP contribution in [0.1, 0.15) is 26.7 Å². The van der Waals surface area contributed by atoms with Gasteiger partial charge in [0.05, 0.1) is 12.7 Å². The fraction of sp³-hybridized carbons (Fsp3) is 0.889. The molecule has 0 bridgehead atoms. The molecule has 0 aromatic rings. The van der Waals surface area contributed by atoms with E-state index in [0.29, 0.717) is 6.61 Å². The maximum absolute atomic E-state index is 10.7. The first-order valence-electron chi connectivity index (χ1n) is 4.58. The lowest BCUT2D eigenvalue weighted by Gasteiger charge is -2.20. The van der Waals surface area contributed by atoms with Gasteiger partial charge in [0, 0.05) is 5.41 Å². The summed E-state index contributed by atoms with van der Waals surface area (Å²) in [6, 6.07) is -0.772. The Morgan fingerprint density at radius 1 is 1.62 bits per heavy atom. The molecule has 1 unspecified atom stereocenters. The second-order valence-electron chi connectivity index (χ2n) is 4.04. The maximum atomic E-state index is 10.7. The van der Waals surface area contributed by atoms with Crippen molar-refractivity contribution in [1.82, 2.24) is 0 Å². The summed E-state index contributed by atoms with van der Waals surface area (Å²) in [6.45, 7) is 4.34. The van der Waals surface area contributed by atoms with E-state index in [9.17, 15) is 4.79 Å². The zero-order valence-corrected chi connectivity index (χ0v) is 8.12. The van der Waals surface area contributed by atoms with Gasteiger partial charge in [-0.05, 0) is 26.7 Å². The number of carboxylic acid groups (broad SMARTS) is 1. The minimum atomic E-state index is -0.926. The Morgan fingerprint density at radius 3 is 2.46 bits per heavy atom. The first kappa shape index (κ1) is 10.5. The molecule has 1 aliphatic carbocycles. The molecule has 13 heavy (non-hydrogen) atoms. The third-order valence-corrected chi connectivity index (χ3v) is 2.52. The van der Waals surface area contributed by atoms with Crippen molar-refractivity contribution < 1.29 is 14.6 Å². The minimum absolute atomic E-state index is 0.137. The van der Waals surface area contributed by atoms with Gasteiger partial charge in [-0.25, -0.2) is 0 Å². The van der Waals surface area contributed by atoms with Crippen molar-refractivity contribution >= 4 is 5.97 Å². The highest BCUT2D eigenvalue weighted by Crippen LogP contribution is 2.48. The Bertz CT molecular complexity index is 199. The maximum Gasteiger partial charge on any atom is 0.321 e. The summed E-state index contributed by atoms with van der Waals surface area (Å²) in [4.78, 5) is 10.7. The van der Waals surface area contributed by atoms with Crippen molar-refractivity contribution in [3.05, 3.63) is 0 Å². The molecule has 1 fully saturated rings. The van der Waals surface area contributed by atoms with Crippen LogP contribution < -0.4 is 5.73 Å². The van der Waals surface area contributed by atoms with Crippen LogP contribution in [0.15, 0.2) is 0 Å². The van der Waals surface area contributed by atoms with Crippen molar-refractivity contribution in [1.29, 1.82) is 0 Å². The Kier molecular flexibility index (Phi) is 2.93. The van der Waals surface area contributed by atoms with Gasteiger partial charge in [-0.1, -0.05) is 0 Å². The summed E-state index contributed by atoms with van der Waals surface area (Å²) < 4.78 is 5.40. The number of hydrogen-bond acceptors (Lipinski definition) is 3. The normalized spacial score (nSPS) is 21.5. The van der Waals surface area contributed by atoms with Crippen LogP contribution in [0.4, 0.5) is 0 Å². The predicted molar refractivity (Wildman–Crippen MR) is 48.4 cm³/mol. The third-order valence-electron chi connectivity index (χ3n) is 2.52. The molecule has 1 atom stereocenters. The minimum Gasteiger partial charge on any atom is -0.480 e. The number of aliphatic carboxylic acids is 1. The van der Waals surface area contributed by atoms with Gasteiger partial charge in [-0.3, -0.25) is 4.79 Å². The summed E-state index contributed by atoms with van der Waals surface area (Å²) >= 11 is 0. The molecule has 0 aliphatic heterocycles. The van der Waals surface area contributed by atoms with E-state index in [-0.39, 0.29) is 11.5 Å². The van der Waals surface area contributed by atoms with Crippen LogP contribution in [0.2, 0.25) is 0 Å². The van der Waals surface area contributed by atoms with Gasteiger partial charge in [-0.2, -0.15) is 0 Å². The van der Waals surface area contributed by atoms with Crippen molar-refractivity contribution in [3.63, 3.8) is 0 Å². The summed E-state index contributed by atoms with van der Waals surface area (Å²) in [6.07, 6.45) is 1.87. The molecule has 1 rings (SSSR count). The zero-order chi connectivity index (χ0) is 10.1. The van der Waals surface area contributed by atoms with Gasteiger partial charge in [0.1, 0.15) is 6.04 Å². The molecule has 1 saturated carbocycles. The standard InChI is InChI=1S/C9H17NO3/c1-6(2)13-5-9(3-4-9)7(10)8(11)12/h6-7H,3-5,10H2,1-2H3,(H,11,12). The molecular formula is C9H17NO3. The van der Waals surface area contributed by atoms with Gasteiger partial charge in [0.2, 0.25) is 0 Å². The number of ether oxygens (including phenoxy) is 1. The van der Waals surface area contributed by atoms with Crippen LogP contribution in [0, 0.1) is 5.41 Å². The summed E-state index contributed by atoms with van der Waals surface area (Å²) in [5, 5.41) is 8.74. The molecule has 4 nitrogen and oxygen atoms in total. The van der Waals surface area contributed by atoms with Crippen molar-refractivity contribution in [3.8, 4) is 0 Å². The molecule has 0 aromatic carbocycles. The van der Waals surface area contributed by atoms with Crippen LogP contribution in [-0.2, 0) is 9.53 Å². The first-order valence-corrected chi connectivity index (χ1v) is 4.58. The van der Waals surface area contributed by atoms with Crippen molar-refractivity contribution in [2.24, 2.45) is 11.1 Å². The van der Waals surface area contributed by atoms with E-state index in [1.165, 1.54) is 0 Å². The molecule has 0 aromatic heterocycles. The molecule has 3 N–H and O–H groups in total. The van der Waals surface area contributed by atoms with Crippen LogP contribution >= 0.6 is 0 Å². The zero-order valence-electron chi connectivity index (χ0n) is 8.12. The van der Waals surface area contributed by atoms with Crippen molar-refractivity contribution in [2.45, 2.75) is 38.8 Å². The smallest absolute Gasteiger partial charge is 0.321 e. The van der Waals surface area contributed by atoms with Crippen LogP contribution in [-0.4, -0.2) is 29.8 Å². The summed E-state index contributed by atoms with van der Waals surface area (Å²) in [5.74, 6) is -0.926. The van der Waals surface area contributed by atoms with Crippen LogP contribution in [0.3, 0.4) is 0 Å². The van der Waals surface area contributed by atoms with Gasteiger partial charge in [-0.15, -0.1) is 0 Å². The van der Waals surface area contributed by atoms with E-state index in [2.05, 4.69) is 0 Å². The molecule has 76 valence electrons. The SMILES string of the molecule is CC(C)OCC1(C(N)C(=O)O)CC1. The van der Waals surface area contributed by atoms with E-state index < -0.39 is 12.0 Å². The molecule has 4 heteroatoms. The number of rotatable bonds is 5. The van der Waals surface area contributed by atoms with E-state index in [0.717, 1.165) is 12.8 Å². The predicted octanol–water partition coefficient (Wildman–Crippen LogP) is 0.603. The van der Waals surface area contributed by atoms with E-state index >= 15 is 0 Å². The Balaban J connectivity index is 2.42. The fourth-order valence-corrected chi connectivity index (χ4v) is 1.30. The molecule has 0 heterocycles. The molecule has 0 amide bonds. The highest BCUT2D eigenvalue weighted by atomic mass is 16.5. The molecule has 0 saturated heterocycles. The van der Waals surface area contributed by atoms with Gasteiger partial charge in [0.15, 0.2) is 0 Å². The molecule has 0 radical (unpaired) electrons. The topological polar surface area (TPSA) is 72.5 Å². The Hall–Kier alpha value is -0.610. The Morgan fingerprint density at radius 2 is 2.15 bits per heavy atom. The van der Waals surface area contributed by atoms with Crippen LogP contribution in [0.5, 0.6) is 0 Å².